The summed E-state index contributed by atoms with van der Waals surface area (Å²) in [5, 5.41) is 9.55. The molecule has 6 aromatic carbocycles. The molecule has 7 aromatic rings. The maximum Gasteiger partial charge on any atom is 0.164 e. The molecule has 4 heteroatoms. The highest BCUT2D eigenvalue weighted by atomic mass is 15.0. The van der Waals surface area contributed by atoms with E-state index in [0.29, 0.717) is 34.9 Å². The maximum absolute atomic E-state index is 9.55. The van der Waals surface area contributed by atoms with E-state index in [2.05, 4.69) is 78.9 Å². The fourth-order valence-corrected chi connectivity index (χ4v) is 11.1. The monoisotopic (exact) mass is 694 g/mol. The first-order valence-electron chi connectivity index (χ1n) is 19.4. The van der Waals surface area contributed by atoms with Crippen LogP contribution >= 0.6 is 0 Å². The van der Waals surface area contributed by atoms with E-state index in [1.807, 2.05) is 72.8 Å². The lowest BCUT2D eigenvalue weighted by atomic mass is 9.43. The average molecular weight is 695 g/mol. The zero-order valence-electron chi connectivity index (χ0n) is 30.0. The van der Waals surface area contributed by atoms with Gasteiger partial charge < -0.3 is 0 Å². The van der Waals surface area contributed by atoms with Gasteiger partial charge in [0.15, 0.2) is 17.5 Å². The van der Waals surface area contributed by atoms with Gasteiger partial charge in [0.2, 0.25) is 0 Å². The Bertz CT molecular complexity index is 2520. The van der Waals surface area contributed by atoms with E-state index in [1.165, 1.54) is 65.5 Å². The zero-order valence-corrected chi connectivity index (χ0v) is 30.0. The van der Waals surface area contributed by atoms with Crippen molar-refractivity contribution >= 4 is 0 Å². The van der Waals surface area contributed by atoms with Gasteiger partial charge in [0.05, 0.1) is 11.6 Å². The second kappa shape index (κ2) is 12.2. The number of benzene rings is 6. The first kappa shape index (κ1) is 31.4. The van der Waals surface area contributed by atoms with Gasteiger partial charge in [-0.2, -0.15) is 5.26 Å². The van der Waals surface area contributed by atoms with E-state index in [4.69, 9.17) is 15.0 Å². The van der Waals surface area contributed by atoms with E-state index in [-0.39, 0.29) is 5.41 Å². The molecule has 12 rings (SSSR count). The van der Waals surface area contributed by atoms with Gasteiger partial charge in [0, 0.05) is 22.1 Å². The molecule has 4 saturated carbocycles. The Labute approximate surface area is 316 Å². The number of nitrogens with zero attached hydrogens (tertiary/aromatic N) is 4. The van der Waals surface area contributed by atoms with E-state index < -0.39 is 0 Å². The van der Waals surface area contributed by atoms with Crippen molar-refractivity contribution in [2.75, 3.05) is 0 Å². The first-order valence-corrected chi connectivity index (χ1v) is 19.4. The van der Waals surface area contributed by atoms with Crippen LogP contribution in [0, 0.1) is 35.0 Å². The third kappa shape index (κ3) is 4.78. The Balaban J connectivity index is 1.03. The Morgan fingerprint density at radius 1 is 0.444 bits per heavy atom. The number of fused-ring (bicyclic) bond motifs is 3. The number of rotatable bonds is 5. The number of nitriles is 1. The van der Waals surface area contributed by atoms with Crippen molar-refractivity contribution in [3.8, 4) is 73.6 Å². The molecule has 0 atom stereocenters. The Hall–Kier alpha value is -6.18. The van der Waals surface area contributed by atoms with Gasteiger partial charge >= 0.3 is 0 Å². The van der Waals surface area contributed by atoms with E-state index in [1.54, 1.807) is 11.1 Å². The van der Waals surface area contributed by atoms with Gasteiger partial charge in [-0.05, 0) is 118 Å². The SMILES string of the molecule is N#Cc1ccc(-c2cccc3c2-c2cc(-c4ccc(-c5nc(-c6ccccc6)nc(-c6ccccc6)n5)cc4)ccc2C32C3CC4CC(C3)CC2C4)cc1. The molecule has 4 fully saturated rings. The predicted octanol–water partition coefficient (Wildman–Crippen LogP) is 11.8. The maximum atomic E-state index is 9.55. The van der Waals surface area contributed by atoms with Crippen LogP contribution in [0.4, 0.5) is 0 Å². The standard InChI is InChI=1S/C50H38N4/c51-30-31-14-16-35(17-15-31)42-12-7-13-45-46(42)43-29-39(22-23-44(43)50(45)40-25-32-24-33(27-40)28-41(50)26-32)34-18-20-38(21-19-34)49-53-47(36-8-3-1-4-9-36)52-48(54-49)37-10-5-2-6-11-37/h1-23,29,32-33,40-41H,24-28H2. The van der Waals surface area contributed by atoms with Crippen molar-refractivity contribution < 1.29 is 0 Å². The summed E-state index contributed by atoms with van der Waals surface area (Å²) in [6.07, 6.45) is 6.85. The molecular weight excluding hydrogens is 657 g/mol. The smallest absolute Gasteiger partial charge is 0.164 e. The highest BCUT2D eigenvalue weighted by molar-refractivity contribution is 5.95. The largest absolute Gasteiger partial charge is 0.208 e. The molecule has 4 nitrogen and oxygen atoms in total. The van der Waals surface area contributed by atoms with Crippen molar-refractivity contribution in [3.05, 3.63) is 162 Å². The van der Waals surface area contributed by atoms with Crippen LogP contribution in [-0.2, 0) is 5.41 Å². The lowest BCUT2D eigenvalue weighted by Gasteiger charge is -2.61. The van der Waals surface area contributed by atoms with Gasteiger partial charge in [-0.15, -0.1) is 0 Å². The molecule has 0 amide bonds. The minimum atomic E-state index is 0.0781. The molecule has 0 aliphatic heterocycles. The van der Waals surface area contributed by atoms with Crippen LogP contribution in [0.3, 0.4) is 0 Å². The van der Waals surface area contributed by atoms with Gasteiger partial charge in [-0.1, -0.05) is 127 Å². The third-order valence-electron chi connectivity index (χ3n) is 13.2. The fourth-order valence-electron chi connectivity index (χ4n) is 11.1. The van der Waals surface area contributed by atoms with Crippen LogP contribution in [0.5, 0.6) is 0 Å². The summed E-state index contributed by atoms with van der Waals surface area (Å²) in [4.78, 5) is 14.8. The molecule has 5 aliphatic carbocycles. The van der Waals surface area contributed by atoms with Crippen LogP contribution in [0.25, 0.3) is 67.5 Å². The number of hydrogen-bond donors (Lipinski definition) is 0. The van der Waals surface area contributed by atoms with Crippen molar-refractivity contribution in [2.24, 2.45) is 23.7 Å². The molecule has 4 bridgehead atoms. The van der Waals surface area contributed by atoms with Crippen LogP contribution in [-0.4, -0.2) is 15.0 Å². The number of aromatic nitrogens is 3. The normalized spacial score (nSPS) is 22.9. The van der Waals surface area contributed by atoms with Gasteiger partial charge in [-0.3, -0.25) is 0 Å². The van der Waals surface area contributed by atoms with Gasteiger partial charge in [0.1, 0.15) is 0 Å². The minimum absolute atomic E-state index is 0.0781. The molecule has 258 valence electrons. The molecule has 1 heterocycles. The minimum Gasteiger partial charge on any atom is -0.208 e. The second-order valence-electron chi connectivity index (χ2n) is 16.0. The summed E-state index contributed by atoms with van der Waals surface area (Å²) in [5.74, 6) is 5.15. The van der Waals surface area contributed by atoms with Crippen LogP contribution in [0.2, 0.25) is 0 Å². The summed E-state index contributed by atoms with van der Waals surface area (Å²) in [6.45, 7) is 0. The molecule has 5 aliphatic rings. The highest BCUT2D eigenvalue weighted by Gasteiger charge is 2.61. The second-order valence-corrected chi connectivity index (χ2v) is 16.0. The molecule has 0 N–H and O–H groups in total. The highest BCUT2D eigenvalue weighted by Crippen LogP contribution is 2.70. The summed E-state index contributed by atoms with van der Waals surface area (Å²) >= 11 is 0. The molecule has 0 saturated heterocycles. The topological polar surface area (TPSA) is 62.5 Å². The van der Waals surface area contributed by atoms with Gasteiger partial charge in [-0.25, -0.2) is 15.0 Å². The van der Waals surface area contributed by atoms with E-state index in [9.17, 15) is 5.26 Å². The summed E-state index contributed by atoms with van der Waals surface area (Å²) in [7, 11) is 0. The predicted molar refractivity (Wildman–Crippen MR) is 215 cm³/mol. The quantitative estimate of drug-likeness (QED) is 0.180. The van der Waals surface area contributed by atoms with Crippen LogP contribution < -0.4 is 0 Å². The Kier molecular flexibility index (Phi) is 7.07. The molecule has 0 radical (unpaired) electrons. The molecule has 54 heavy (non-hydrogen) atoms. The van der Waals surface area contributed by atoms with Crippen molar-refractivity contribution in [1.82, 2.24) is 15.0 Å². The summed E-state index contributed by atoms with van der Waals surface area (Å²) < 4.78 is 0. The van der Waals surface area contributed by atoms with Crippen LogP contribution in [0.1, 0.15) is 48.8 Å². The van der Waals surface area contributed by atoms with Crippen molar-refractivity contribution in [3.63, 3.8) is 0 Å². The van der Waals surface area contributed by atoms with Crippen molar-refractivity contribution in [2.45, 2.75) is 37.5 Å². The number of hydrogen-bond acceptors (Lipinski definition) is 4. The Morgan fingerprint density at radius 2 is 0.963 bits per heavy atom. The van der Waals surface area contributed by atoms with E-state index in [0.717, 1.165) is 28.5 Å². The molecular formula is C50H38N4. The molecule has 1 spiro atoms. The van der Waals surface area contributed by atoms with Crippen molar-refractivity contribution in [1.29, 1.82) is 5.26 Å². The molecule has 0 unspecified atom stereocenters. The average Bonchev–Trinajstić information content (AvgIpc) is 3.53. The summed E-state index contributed by atoms with van der Waals surface area (Å²) in [5.41, 5.74) is 14.4. The van der Waals surface area contributed by atoms with Crippen LogP contribution in [0.15, 0.2) is 146 Å². The first-order chi connectivity index (χ1) is 26.7. The fraction of sp³-hybridized carbons (Fsp3) is 0.200. The zero-order chi connectivity index (χ0) is 35.8. The third-order valence-corrected chi connectivity index (χ3v) is 13.2. The molecule has 1 aromatic heterocycles. The summed E-state index contributed by atoms with van der Waals surface area (Å²) in [6, 6.07) is 53.9. The van der Waals surface area contributed by atoms with Gasteiger partial charge in [0.25, 0.3) is 0 Å². The Morgan fingerprint density at radius 3 is 1.54 bits per heavy atom. The van der Waals surface area contributed by atoms with E-state index >= 15 is 0 Å². The lowest BCUT2D eigenvalue weighted by Crippen LogP contribution is -2.55. The lowest BCUT2D eigenvalue weighted by molar-refractivity contribution is -0.0399.